The van der Waals surface area contributed by atoms with Gasteiger partial charge in [0.2, 0.25) is 0 Å². The van der Waals surface area contributed by atoms with Gasteiger partial charge in [-0.1, -0.05) is 28.1 Å². The number of anilines is 2. The van der Waals surface area contributed by atoms with Gasteiger partial charge < -0.3 is 15.2 Å². The number of halogens is 1. The summed E-state index contributed by atoms with van der Waals surface area (Å²) < 4.78 is 6.04. The first kappa shape index (κ1) is 17.4. The number of phenols is 1. The summed E-state index contributed by atoms with van der Waals surface area (Å²) in [6.45, 7) is 0. The van der Waals surface area contributed by atoms with Gasteiger partial charge in [-0.05, 0) is 54.6 Å². The smallest absolute Gasteiger partial charge is 0.262 e. The van der Waals surface area contributed by atoms with Gasteiger partial charge in [-0.25, -0.2) is 0 Å². The molecule has 0 spiro atoms. The fourth-order valence-corrected chi connectivity index (χ4v) is 3.60. The second-order valence-corrected chi connectivity index (χ2v) is 7.08. The third-order valence-corrected chi connectivity index (χ3v) is 5.05. The third kappa shape index (κ3) is 3.13. The van der Waals surface area contributed by atoms with Crippen molar-refractivity contribution < 1.29 is 14.6 Å². The van der Waals surface area contributed by atoms with Gasteiger partial charge in [-0.15, -0.1) is 0 Å². The normalized spacial score (nSPS) is 15.9. The molecule has 27 heavy (non-hydrogen) atoms. The number of benzene rings is 3. The number of hydrogen-bond donors (Lipinski definition) is 2. The molecule has 0 fully saturated rings. The lowest BCUT2D eigenvalue weighted by molar-refractivity contribution is 0.0974. The van der Waals surface area contributed by atoms with Crippen LogP contribution in [0.4, 0.5) is 11.4 Å². The summed E-state index contributed by atoms with van der Waals surface area (Å²) >= 11 is 3.45. The van der Waals surface area contributed by atoms with Gasteiger partial charge in [0.15, 0.2) is 0 Å². The number of ether oxygens (including phenoxy) is 1. The molecular weight excluding hydrogens is 408 g/mol. The molecule has 0 aliphatic carbocycles. The Balaban J connectivity index is 1.87. The number of phenolic OH excluding ortho intramolecular Hbond substituents is 1. The Kier molecular flexibility index (Phi) is 4.49. The standard InChI is InChI=1S/C21H17BrN2O3/c1-27-15-9-7-14(8-10-15)24-20(17-12-13(22)6-11-19(17)25)23-18-5-3-2-4-16(18)21(24)26/h2-12,20,23,25H,1H3/t20-/m1/s1. The highest BCUT2D eigenvalue weighted by Crippen LogP contribution is 2.40. The van der Waals surface area contributed by atoms with E-state index in [-0.39, 0.29) is 11.7 Å². The molecule has 3 aromatic carbocycles. The molecule has 0 radical (unpaired) electrons. The molecule has 0 saturated carbocycles. The Morgan fingerprint density at radius 1 is 1.07 bits per heavy atom. The minimum Gasteiger partial charge on any atom is -0.508 e. The highest BCUT2D eigenvalue weighted by Gasteiger charge is 2.35. The van der Waals surface area contributed by atoms with Crippen molar-refractivity contribution in [3.8, 4) is 11.5 Å². The minimum absolute atomic E-state index is 0.112. The van der Waals surface area contributed by atoms with E-state index in [0.29, 0.717) is 22.6 Å². The quantitative estimate of drug-likeness (QED) is 0.625. The molecule has 3 aromatic rings. The molecular formula is C21H17BrN2O3. The Bertz CT molecular complexity index is 1000. The van der Waals surface area contributed by atoms with Crippen LogP contribution in [-0.2, 0) is 0 Å². The molecule has 0 unspecified atom stereocenters. The number of nitrogens with zero attached hydrogens (tertiary/aromatic N) is 1. The Morgan fingerprint density at radius 2 is 1.81 bits per heavy atom. The van der Waals surface area contributed by atoms with Gasteiger partial charge in [0, 0.05) is 21.4 Å². The van der Waals surface area contributed by atoms with Crippen molar-refractivity contribution in [3.63, 3.8) is 0 Å². The Hall–Kier alpha value is -2.99. The predicted molar refractivity (Wildman–Crippen MR) is 108 cm³/mol. The molecule has 1 heterocycles. The largest absolute Gasteiger partial charge is 0.508 e. The van der Waals surface area contributed by atoms with Crippen LogP contribution in [0.25, 0.3) is 0 Å². The number of hydrogen-bond acceptors (Lipinski definition) is 4. The molecule has 0 aromatic heterocycles. The van der Waals surface area contributed by atoms with E-state index in [1.807, 2.05) is 36.4 Å². The molecule has 6 heteroatoms. The molecule has 1 atom stereocenters. The van der Waals surface area contributed by atoms with Crippen molar-refractivity contribution in [1.82, 2.24) is 0 Å². The van der Waals surface area contributed by atoms with Crippen molar-refractivity contribution in [1.29, 1.82) is 0 Å². The summed E-state index contributed by atoms with van der Waals surface area (Å²) in [7, 11) is 1.60. The first-order valence-corrected chi connectivity index (χ1v) is 9.19. The van der Waals surface area contributed by atoms with Crippen molar-refractivity contribution in [2.45, 2.75) is 6.17 Å². The van der Waals surface area contributed by atoms with E-state index in [4.69, 9.17) is 4.74 Å². The lowest BCUT2D eigenvalue weighted by atomic mass is 10.0. The van der Waals surface area contributed by atoms with Crippen LogP contribution in [0.15, 0.2) is 71.2 Å². The average Bonchev–Trinajstić information content (AvgIpc) is 2.70. The molecule has 1 amide bonds. The maximum Gasteiger partial charge on any atom is 0.262 e. The maximum absolute atomic E-state index is 13.3. The SMILES string of the molecule is COc1ccc(N2C(=O)c3ccccc3N[C@H]2c2cc(Br)ccc2O)cc1. The minimum atomic E-state index is -0.557. The van der Waals surface area contributed by atoms with Crippen LogP contribution < -0.4 is 15.0 Å². The molecule has 5 nitrogen and oxygen atoms in total. The van der Waals surface area contributed by atoms with Gasteiger partial charge in [0.05, 0.1) is 12.7 Å². The van der Waals surface area contributed by atoms with E-state index in [1.54, 1.807) is 42.3 Å². The second-order valence-electron chi connectivity index (χ2n) is 6.17. The van der Waals surface area contributed by atoms with Crippen LogP contribution >= 0.6 is 15.9 Å². The number of para-hydroxylation sites is 1. The van der Waals surface area contributed by atoms with E-state index in [9.17, 15) is 9.90 Å². The van der Waals surface area contributed by atoms with Crippen molar-refractivity contribution >= 4 is 33.2 Å². The van der Waals surface area contributed by atoms with Crippen molar-refractivity contribution in [2.75, 3.05) is 17.3 Å². The fourth-order valence-electron chi connectivity index (χ4n) is 3.22. The monoisotopic (exact) mass is 424 g/mol. The fraction of sp³-hybridized carbons (Fsp3) is 0.0952. The summed E-state index contributed by atoms with van der Waals surface area (Å²) in [6.07, 6.45) is -0.557. The summed E-state index contributed by atoms with van der Waals surface area (Å²) in [5.74, 6) is 0.679. The molecule has 1 aliphatic rings. The van der Waals surface area contributed by atoms with Gasteiger partial charge in [-0.2, -0.15) is 0 Å². The van der Waals surface area contributed by atoms with E-state index in [1.165, 1.54) is 0 Å². The highest BCUT2D eigenvalue weighted by atomic mass is 79.9. The first-order valence-electron chi connectivity index (χ1n) is 8.40. The van der Waals surface area contributed by atoms with Crippen LogP contribution in [0.1, 0.15) is 22.1 Å². The number of carbonyl (C=O) groups is 1. The first-order chi connectivity index (χ1) is 13.1. The number of methoxy groups -OCH3 is 1. The lowest BCUT2D eigenvalue weighted by Gasteiger charge is -2.38. The van der Waals surface area contributed by atoms with E-state index in [2.05, 4.69) is 21.2 Å². The number of fused-ring (bicyclic) bond motifs is 1. The van der Waals surface area contributed by atoms with Crippen molar-refractivity contribution in [2.24, 2.45) is 0 Å². The zero-order valence-corrected chi connectivity index (χ0v) is 16.1. The number of aromatic hydroxyl groups is 1. The van der Waals surface area contributed by atoms with E-state index in [0.717, 1.165) is 10.2 Å². The number of nitrogens with one attached hydrogen (secondary N) is 1. The topological polar surface area (TPSA) is 61.8 Å². The maximum atomic E-state index is 13.3. The highest BCUT2D eigenvalue weighted by molar-refractivity contribution is 9.10. The summed E-state index contributed by atoms with van der Waals surface area (Å²) in [4.78, 5) is 15.0. The van der Waals surface area contributed by atoms with Crippen LogP contribution in [0, 0.1) is 0 Å². The predicted octanol–water partition coefficient (Wildman–Crippen LogP) is 4.93. The van der Waals surface area contributed by atoms with Crippen LogP contribution in [0.3, 0.4) is 0 Å². The second kappa shape index (κ2) is 6.96. The zero-order valence-electron chi connectivity index (χ0n) is 14.5. The number of rotatable bonds is 3. The molecule has 1 aliphatic heterocycles. The summed E-state index contributed by atoms with van der Waals surface area (Å²) in [6, 6.07) is 19.8. The Morgan fingerprint density at radius 3 is 2.56 bits per heavy atom. The summed E-state index contributed by atoms with van der Waals surface area (Å²) in [5, 5.41) is 13.8. The van der Waals surface area contributed by atoms with Crippen LogP contribution in [0.5, 0.6) is 11.5 Å². The van der Waals surface area contributed by atoms with E-state index >= 15 is 0 Å². The van der Waals surface area contributed by atoms with Gasteiger partial charge >= 0.3 is 0 Å². The van der Waals surface area contributed by atoms with Gasteiger partial charge in [0.25, 0.3) is 5.91 Å². The number of carbonyl (C=O) groups excluding carboxylic acids is 1. The third-order valence-electron chi connectivity index (χ3n) is 4.56. The van der Waals surface area contributed by atoms with Gasteiger partial charge in [0.1, 0.15) is 17.7 Å². The Labute approximate surface area is 165 Å². The molecule has 0 saturated heterocycles. The summed E-state index contributed by atoms with van der Waals surface area (Å²) in [5.41, 5.74) is 2.62. The molecule has 4 rings (SSSR count). The molecule has 0 bridgehead atoms. The molecule has 2 N–H and O–H groups in total. The number of amides is 1. The molecule has 136 valence electrons. The lowest BCUT2D eigenvalue weighted by Crippen LogP contribution is -2.43. The van der Waals surface area contributed by atoms with Crippen LogP contribution in [0.2, 0.25) is 0 Å². The van der Waals surface area contributed by atoms with Crippen molar-refractivity contribution in [3.05, 3.63) is 82.3 Å². The van der Waals surface area contributed by atoms with E-state index < -0.39 is 6.17 Å². The van der Waals surface area contributed by atoms with Gasteiger partial charge in [-0.3, -0.25) is 9.69 Å². The van der Waals surface area contributed by atoms with Crippen LogP contribution in [-0.4, -0.2) is 18.1 Å². The average molecular weight is 425 g/mol. The zero-order chi connectivity index (χ0) is 19.0.